The van der Waals surface area contributed by atoms with Crippen LogP contribution in [0, 0.1) is 0 Å². The van der Waals surface area contributed by atoms with Gasteiger partial charge in [0.15, 0.2) is 0 Å². The fourth-order valence-corrected chi connectivity index (χ4v) is 4.14. The quantitative estimate of drug-likeness (QED) is 0.520. The molecule has 1 fully saturated rings. The third kappa shape index (κ3) is 6.77. The first-order valence-corrected chi connectivity index (χ1v) is 11.9. The highest BCUT2D eigenvalue weighted by molar-refractivity contribution is 6.31. The average molecular weight is 490 g/mol. The summed E-state index contributed by atoms with van der Waals surface area (Å²) in [5.41, 5.74) is 2.09. The smallest absolute Gasteiger partial charge is 0.226 e. The van der Waals surface area contributed by atoms with Gasteiger partial charge in [0.1, 0.15) is 11.5 Å². The van der Waals surface area contributed by atoms with Gasteiger partial charge in [0.05, 0.1) is 50.3 Å². The van der Waals surface area contributed by atoms with Crippen LogP contribution in [0.15, 0.2) is 36.4 Å². The summed E-state index contributed by atoms with van der Waals surface area (Å²) in [7, 11) is 0. The fourth-order valence-electron chi connectivity index (χ4n) is 3.87. The molecule has 34 heavy (non-hydrogen) atoms. The van der Waals surface area contributed by atoms with E-state index < -0.39 is 6.04 Å². The van der Waals surface area contributed by atoms with Gasteiger partial charge in [-0.05, 0) is 25.5 Å². The summed E-state index contributed by atoms with van der Waals surface area (Å²) in [6.07, 6.45) is 0.00403. The van der Waals surface area contributed by atoms with E-state index in [0.29, 0.717) is 54.2 Å². The van der Waals surface area contributed by atoms with Crippen LogP contribution < -0.4 is 25.0 Å². The molecule has 1 aliphatic rings. The molecule has 0 aliphatic carbocycles. The number of hydrogen-bond acceptors (Lipinski definition) is 6. The number of halogens is 1. The number of carbonyl (C=O) groups is 2. The Labute approximate surface area is 205 Å². The molecule has 9 heteroatoms. The van der Waals surface area contributed by atoms with Gasteiger partial charge in [-0.3, -0.25) is 9.59 Å². The standard InChI is InChI=1S/C25H32ClN3O5/c1-4-33-23-16-22(29-10-12-32-13-11-29)24(34-5-2)14-21(23)28-25(31)15-20(27-17(3)30)18-8-6-7-9-19(18)26/h6-9,14,16,20H,4-5,10-13,15H2,1-3H3,(H,27,30)(H,28,31)/t20-/m0/s1. The normalized spacial score (nSPS) is 14.3. The summed E-state index contributed by atoms with van der Waals surface area (Å²) >= 11 is 6.33. The average Bonchev–Trinajstić information content (AvgIpc) is 2.81. The van der Waals surface area contributed by atoms with Gasteiger partial charge in [0, 0.05) is 37.2 Å². The predicted octanol–water partition coefficient (Wildman–Crippen LogP) is 4.18. The molecule has 1 heterocycles. The molecule has 1 saturated heterocycles. The molecule has 184 valence electrons. The molecule has 3 rings (SSSR count). The molecule has 8 nitrogen and oxygen atoms in total. The van der Waals surface area contributed by atoms with Crippen molar-refractivity contribution < 1.29 is 23.8 Å². The Bertz CT molecular complexity index is 995. The Morgan fingerprint density at radius 2 is 1.76 bits per heavy atom. The zero-order valence-electron chi connectivity index (χ0n) is 19.9. The number of anilines is 2. The number of nitrogens with zero attached hydrogens (tertiary/aromatic N) is 1. The number of nitrogens with one attached hydrogen (secondary N) is 2. The van der Waals surface area contributed by atoms with E-state index >= 15 is 0 Å². The molecule has 2 aromatic rings. The lowest BCUT2D eigenvalue weighted by Crippen LogP contribution is -2.36. The Kier molecular flexibility index (Phi) is 9.42. The zero-order valence-corrected chi connectivity index (χ0v) is 20.6. The van der Waals surface area contributed by atoms with Crippen LogP contribution in [-0.4, -0.2) is 51.3 Å². The third-order valence-corrected chi connectivity index (χ3v) is 5.68. The number of morpholine rings is 1. The first kappa shape index (κ1) is 25.6. The maximum Gasteiger partial charge on any atom is 0.226 e. The fraction of sp³-hybridized carbons (Fsp3) is 0.440. The Morgan fingerprint density at radius 3 is 2.41 bits per heavy atom. The van der Waals surface area contributed by atoms with Gasteiger partial charge in [-0.25, -0.2) is 0 Å². The van der Waals surface area contributed by atoms with Crippen LogP contribution in [0.2, 0.25) is 5.02 Å². The van der Waals surface area contributed by atoms with E-state index in [4.69, 9.17) is 25.8 Å². The van der Waals surface area contributed by atoms with Gasteiger partial charge < -0.3 is 29.7 Å². The molecule has 0 unspecified atom stereocenters. The molecule has 1 aliphatic heterocycles. The van der Waals surface area contributed by atoms with Crippen molar-refractivity contribution in [3.05, 3.63) is 47.0 Å². The van der Waals surface area contributed by atoms with Crippen molar-refractivity contribution in [2.45, 2.75) is 33.2 Å². The van der Waals surface area contributed by atoms with Crippen molar-refractivity contribution in [3.63, 3.8) is 0 Å². The van der Waals surface area contributed by atoms with Gasteiger partial charge >= 0.3 is 0 Å². The molecule has 2 N–H and O–H groups in total. The van der Waals surface area contributed by atoms with Gasteiger partial charge in [0.2, 0.25) is 11.8 Å². The zero-order chi connectivity index (χ0) is 24.5. The van der Waals surface area contributed by atoms with Gasteiger partial charge in [0.25, 0.3) is 0 Å². The second kappa shape index (κ2) is 12.5. The maximum atomic E-state index is 13.1. The van der Waals surface area contributed by atoms with E-state index in [9.17, 15) is 9.59 Å². The van der Waals surface area contributed by atoms with Crippen LogP contribution in [-0.2, 0) is 14.3 Å². The van der Waals surface area contributed by atoms with E-state index in [1.54, 1.807) is 24.3 Å². The molecular formula is C25H32ClN3O5. The summed E-state index contributed by atoms with van der Waals surface area (Å²) in [6.45, 7) is 8.90. The third-order valence-electron chi connectivity index (χ3n) is 5.33. The highest BCUT2D eigenvalue weighted by Gasteiger charge is 2.23. The molecule has 2 aromatic carbocycles. The van der Waals surface area contributed by atoms with Crippen molar-refractivity contribution in [1.82, 2.24) is 5.32 Å². The van der Waals surface area contributed by atoms with Gasteiger partial charge in [-0.15, -0.1) is 0 Å². The summed E-state index contributed by atoms with van der Waals surface area (Å²) < 4.78 is 17.2. The highest BCUT2D eigenvalue weighted by Crippen LogP contribution is 2.39. The molecule has 0 radical (unpaired) electrons. The lowest BCUT2D eigenvalue weighted by molar-refractivity contribution is -0.120. The van der Waals surface area contributed by atoms with Crippen LogP contribution in [0.4, 0.5) is 11.4 Å². The topological polar surface area (TPSA) is 89.1 Å². The van der Waals surface area contributed by atoms with Gasteiger partial charge in [-0.2, -0.15) is 0 Å². The Hall–Kier alpha value is -2.97. The summed E-state index contributed by atoms with van der Waals surface area (Å²) in [5.74, 6) is 0.671. The summed E-state index contributed by atoms with van der Waals surface area (Å²) in [4.78, 5) is 27.0. The van der Waals surface area contributed by atoms with E-state index in [1.807, 2.05) is 26.0 Å². The maximum absolute atomic E-state index is 13.1. The minimum absolute atomic E-state index is 0.00403. The molecule has 2 amide bonds. The number of benzene rings is 2. The second-order valence-corrected chi connectivity index (χ2v) is 8.22. The minimum Gasteiger partial charge on any atom is -0.492 e. The lowest BCUT2D eigenvalue weighted by atomic mass is 10.0. The predicted molar refractivity (Wildman–Crippen MR) is 133 cm³/mol. The molecule has 0 bridgehead atoms. The Morgan fingerprint density at radius 1 is 1.09 bits per heavy atom. The number of ether oxygens (including phenoxy) is 3. The van der Waals surface area contributed by atoms with E-state index in [2.05, 4.69) is 15.5 Å². The number of rotatable bonds is 10. The van der Waals surface area contributed by atoms with Crippen LogP contribution in [0.5, 0.6) is 11.5 Å². The lowest BCUT2D eigenvalue weighted by Gasteiger charge is -2.31. The van der Waals surface area contributed by atoms with E-state index in [1.165, 1.54) is 6.92 Å². The van der Waals surface area contributed by atoms with Crippen molar-refractivity contribution in [2.75, 3.05) is 49.7 Å². The number of carbonyl (C=O) groups excluding carboxylic acids is 2. The van der Waals surface area contributed by atoms with E-state index in [0.717, 1.165) is 18.8 Å². The molecule has 1 atom stereocenters. The second-order valence-electron chi connectivity index (χ2n) is 7.81. The Balaban J connectivity index is 1.87. The molecular weight excluding hydrogens is 458 g/mol. The van der Waals surface area contributed by atoms with Crippen molar-refractivity contribution in [3.8, 4) is 11.5 Å². The monoisotopic (exact) mass is 489 g/mol. The highest BCUT2D eigenvalue weighted by atomic mass is 35.5. The molecule has 0 saturated carbocycles. The van der Waals surface area contributed by atoms with Crippen LogP contribution in [0.1, 0.15) is 38.8 Å². The summed E-state index contributed by atoms with van der Waals surface area (Å²) in [5, 5.41) is 6.24. The van der Waals surface area contributed by atoms with Crippen LogP contribution in [0.3, 0.4) is 0 Å². The molecule has 0 aromatic heterocycles. The van der Waals surface area contributed by atoms with Gasteiger partial charge in [-0.1, -0.05) is 29.8 Å². The van der Waals surface area contributed by atoms with E-state index in [-0.39, 0.29) is 18.2 Å². The first-order valence-electron chi connectivity index (χ1n) is 11.5. The van der Waals surface area contributed by atoms with Crippen LogP contribution >= 0.6 is 11.6 Å². The van der Waals surface area contributed by atoms with Crippen molar-refractivity contribution in [1.29, 1.82) is 0 Å². The van der Waals surface area contributed by atoms with Crippen molar-refractivity contribution >= 4 is 34.8 Å². The largest absolute Gasteiger partial charge is 0.492 e. The SMILES string of the molecule is CCOc1cc(N2CCOCC2)c(OCC)cc1NC(=O)C[C@H](NC(C)=O)c1ccccc1Cl. The van der Waals surface area contributed by atoms with Crippen LogP contribution in [0.25, 0.3) is 0 Å². The number of hydrogen-bond donors (Lipinski definition) is 2. The first-order chi connectivity index (χ1) is 16.4. The number of amides is 2. The van der Waals surface area contributed by atoms with Crippen molar-refractivity contribution in [2.24, 2.45) is 0 Å². The minimum atomic E-state index is -0.569. The summed E-state index contributed by atoms with van der Waals surface area (Å²) in [6, 6.07) is 10.3. The molecule has 0 spiro atoms.